The van der Waals surface area contributed by atoms with Crippen LogP contribution in [0.3, 0.4) is 0 Å². The molecular formula is C13H16F2N6O2. The maximum atomic E-state index is 13.5. The van der Waals surface area contributed by atoms with Gasteiger partial charge in [-0.3, -0.25) is 5.10 Å². The molecular weight excluding hydrogens is 310 g/mol. The molecule has 8 nitrogen and oxygen atoms in total. The maximum absolute atomic E-state index is 13.5. The highest BCUT2D eigenvalue weighted by atomic mass is 19.1. The van der Waals surface area contributed by atoms with Crippen LogP contribution in [0, 0.1) is 11.6 Å². The average molecular weight is 326 g/mol. The second-order valence-electron chi connectivity index (χ2n) is 4.76. The Morgan fingerprint density at radius 2 is 2.00 bits per heavy atom. The molecule has 0 fully saturated rings. The standard InChI is InChI=1S/C13H16F2N6O2/c1-21(2)12-18-10(19-20-12)6-16-13(22)17-7-4-8(14)11(23-3)9(15)5-7/h4-5H,6H2,1-3H3,(H2,16,17,22)(H,18,19,20). The van der Waals surface area contributed by atoms with Crippen molar-refractivity contribution >= 4 is 17.7 Å². The van der Waals surface area contributed by atoms with Gasteiger partial charge in [-0.1, -0.05) is 0 Å². The van der Waals surface area contributed by atoms with Crippen molar-refractivity contribution in [1.82, 2.24) is 20.5 Å². The zero-order chi connectivity index (χ0) is 17.0. The highest BCUT2D eigenvalue weighted by Crippen LogP contribution is 2.25. The number of rotatable bonds is 5. The van der Waals surface area contributed by atoms with E-state index in [2.05, 4.69) is 30.6 Å². The van der Waals surface area contributed by atoms with E-state index in [0.717, 1.165) is 19.2 Å². The van der Waals surface area contributed by atoms with E-state index in [1.54, 1.807) is 19.0 Å². The van der Waals surface area contributed by atoms with Crippen LogP contribution in [-0.4, -0.2) is 42.4 Å². The smallest absolute Gasteiger partial charge is 0.319 e. The first-order valence-electron chi connectivity index (χ1n) is 6.57. The Morgan fingerprint density at radius 1 is 1.35 bits per heavy atom. The predicted octanol–water partition coefficient (Wildman–Crippen LogP) is 1.48. The Kier molecular flexibility index (Phi) is 4.94. The van der Waals surface area contributed by atoms with Crippen molar-refractivity contribution in [3.8, 4) is 5.75 Å². The minimum Gasteiger partial charge on any atom is -0.491 e. The van der Waals surface area contributed by atoms with E-state index in [9.17, 15) is 13.6 Å². The van der Waals surface area contributed by atoms with Crippen LogP contribution in [0.4, 0.5) is 25.2 Å². The molecule has 0 aliphatic rings. The number of halogens is 2. The molecule has 23 heavy (non-hydrogen) atoms. The van der Waals surface area contributed by atoms with Crippen LogP contribution in [0.1, 0.15) is 5.82 Å². The van der Waals surface area contributed by atoms with Crippen molar-refractivity contribution in [3.05, 3.63) is 29.6 Å². The van der Waals surface area contributed by atoms with Gasteiger partial charge < -0.3 is 20.3 Å². The number of hydrogen-bond acceptors (Lipinski definition) is 5. The van der Waals surface area contributed by atoms with E-state index in [-0.39, 0.29) is 12.2 Å². The molecule has 0 aliphatic heterocycles. The minimum atomic E-state index is -0.909. The van der Waals surface area contributed by atoms with E-state index in [1.807, 2.05) is 0 Å². The van der Waals surface area contributed by atoms with Gasteiger partial charge in [0.15, 0.2) is 17.4 Å². The normalized spacial score (nSPS) is 10.3. The molecule has 1 aromatic carbocycles. The first-order valence-corrected chi connectivity index (χ1v) is 6.57. The number of benzene rings is 1. The fraction of sp³-hybridized carbons (Fsp3) is 0.308. The van der Waals surface area contributed by atoms with Gasteiger partial charge in [0.1, 0.15) is 5.82 Å². The number of methoxy groups -OCH3 is 1. The zero-order valence-electron chi connectivity index (χ0n) is 12.8. The fourth-order valence-electron chi connectivity index (χ4n) is 1.73. The SMILES string of the molecule is COc1c(F)cc(NC(=O)NCc2nc(N(C)C)n[nH]2)cc1F. The van der Waals surface area contributed by atoms with Gasteiger partial charge in [-0.2, -0.15) is 4.98 Å². The molecule has 0 saturated heterocycles. The van der Waals surface area contributed by atoms with Crippen molar-refractivity contribution in [2.45, 2.75) is 6.54 Å². The fourth-order valence-corrected chi connectivity index (χ4v) is 1.73. The molecule has 1 aromatic heterocycles. The van der Waals surface area contributed by atoms with Gasteiger partial charge in [-0.05, 0) is 0 Å². The van der Waals surface area contributed by atoms with Gasteiger partial charge in [0.25, 0.3) is 0 Å². The molecule has 0 unspecified atom stereocenters. The molecule has 10 heteroatoms. The summed E-state index contributed by atoms with van der Waals surface area (Å²) in [5.41, 5.74) is -0.0372. The second-order valence-corrected chi connectivity index (χ2v) is 4.76. The summed E-state index contributed by atoms with van der Waals surface area (Å²) in [6.45, 7) is 0.0772. The summed E-state index contributed by atoms with van der Waals surface area (Å²) >= 11 is 0. The number of carbonyl (C=O) groups is 1. The molecule has 124 valence electrons. The minimum absolute atomic E-state index is 0.0372. The summed E-state index contributed by atoms with van der Waals surface area (Å²) in [5.74, 6) is -1.41. The van der Waals surface area contributed by atoms with Crippen molar-refractivity contribution in [2.24, 2.45) is 0 Å². The quantitative estimate of drug-likeness (QED) is 0.773. The third kappa shape index (κ3) is 4.05. The molecule has 2 amide bonds. The molecule has 0 atom stereocenters. The summed E-state index contributed by atoms with van der Waals surface area (Å²) in [6, 6.07) is 1.27. The van der Waals surface area contributed by atoms with Crippen molar-refractivity contribution in [2.75, 3.05) is 31.4 Å². The summed E-state index contributed by atoms with van der Waals surface area (Å²) in [5, 5.41) is 11.4. The molecule has 3 N–H and O–H groups in total. The maximum Gasteiger partial charge on any atom is 0.319 e. The van der Waals surface area contributed by atoms with Gasteiger partial charge in [0.2, 0.25) is 5.95 Å². The molecule has 0 aliphatic carbocycles. The number of aromatic amines is 1. The Hall–Kier alpha value is -2.91. The summed E-state index contributed by atoms with van der Waals surface area (Å²) in [6.07, 6.45) is 0. The first kappa shape index (κ1) is 16.5. The number of aromatic nitrogens is 3. The van der Waals surface area contributed by atoms with E-state index in [1.165, 1.54) is 0 Å². The lowest BCUT2D eigenvalue weighted by Gasteiger charge is -2.09. The predicted molar refractivity (Wildman–Crippen MR) is 79.5 cm³/mol. The highest BCUT2D eigenvalue weighted by Gasteiger charge is 2.13. The summed E-state index contributed by atoms with van der Waals surface area (Å²) in [4.78, 5) is 17.5. The van der Waals surface area contributed by atoms with Crippen LogP contribution in [0.2, 0.25) is 0 Å². The number of nitrogens with one attached hydrogen (secondary N) is 3. The van der Waals surface area contributed by atoms with Gasteiger partial charge >= 0.3 is 6.03 Å². The number of H-pyrrole nitrogens is 1. The summed E-state index contributed by atoms with van der Waals surface area (Å²) in [7, 11) is 4.71. The van der Waals surface area contributed by atoms with E-state index < -0.39 is 23.4 Å². The molecule has 0 spiro atoms. The third-order valence-electron chi connectivity index (χ3n) is 2.80. The Labute approximate surface area is 130 Å². The Balaban J connectivity index is 1.94. The van der Waals surface area contributed by atoms with Crippen molar-refractivity contribution in [1.29, 1.82) is 0 Å². The molecule has 0 bridgehead atoms. The number of carbonyl (C=O) groups excluding carboxylic acids is 1. The van der Waals surface area contributed by atoms with Crippen molar-refractivity contribution < 1.29 is 18.3 Å². The number of urea groups is 1. The van der Waals surface area contributed by atoms with Gasteiger partial charge in [0.05, 0.1) is 13.7 Å². The molecule has 2 aromatic rings. The van der Waals surface area contributed by atoms with Crippen LogP contribution in [0.5, 0.6) is 5.75 Å². The lowest BCUT2D eigenvalue weighted by Crippen LogP contribution is -2.28. The first-order chi connectivity index (χ1) is 10.9. The van der Waals surface area contributed by atoms with Crippen LogP contribution < -0.4 is 20.3 Å². The number of anilines is 2. The number of amides is 2. The van der Waals surface area contributed by atoms with E-state index >= 15 is 0 Å². The molecule has 2 rings (SSSR count). The Bertz CT molecular complexity index is 681. The average Bonchev–Trinajstić information content (AvgIpc) is 2.94. The van der Waals surface area contributed by atoms with E-state index in [4.69, 9.17) is 0 Å². The summed E-state index contributed by atoms with van der Waals surface area (Å²) < 4.78 is 31.6. The highest BCUT2D eigenvalue weighted by molar-refractivity contribution is 5.89. The lowest BCUT2D eigenvalue weighted by molar-refractivity contribution is 0.251. The zero-order valence-corrected chi connectivity index (χ0v) is 12.8. The molecule has 0 radical (unpaired) electrons. The van der Waals surface area contributed by atoms with E-state index in [0.29, 0.717) is 11.8 Å². The monoisotopic (exact) mass is 326 g/mol. The number of nitrogens with zero attached hydrogens (tertiary/aromatic N) is 3. The van der Waals surface area contributed by atoms with Crippen LogP contribution >= 0.6 is 0 Å². The Morgan fingerprint density at radius 3 is 2.52 bits per heavy atom. The van der Waals surface area contributed by atoms with Crippen LogP contribution in [-0.2, 0) is 6.54 Å². The molecule has 0 saturated carbocycles. The van der Waals surface area contributed by atoms with Gasteiger partial charge in [-0.15, -0.1) is 5.10 Å². The number of ether oxygens (including phenoxy) is 1. The second kappa shape index (κ2) is 6.90. The van der Waals surface area contributed by atoms with Crippen LogP contribution in [0.25, 0.3) is 0 Å². The van der Waals surface area contributed by atoms with Crippen LogP contribution in [0.15, 0.2) is 12.1 Å². The number of hydrogen-bond donors (Lipinski definition) is 3. The lowest BCUT2D eigenvalue weighted by atomic mass is 10.2. The largest absolute Gasteiger partial charge is 0.491 e. The van der Waals surface area contributed by atoms with Gasteiger partial charge in [-0.25, -0.2) is 13.6 Å². The molecule has 1 heterocycles. The van der Waals surface area contributed by atoms with Gasteiger partial charge in [0, 0.05) is 31.9 Å². The third-order valence-corrected chi connectivity index (χ3v) is 2.80. The topological polar surface area (TPSA) is 95.2 Å². The van der Waals surface area contributed by atoms with Crippen molar-refractivity contribution in [3.63, 3.8) is 0 Å².